The number of carbonyl (C=O) groups excluding carboxylic acids is 1. The molecule has 12 nitrogen and oxygen atoms in total. The van der Waals surface area contributed by atoms with Crippen LogP contribution in [-0.2, 0) is 14.9 Å². The maximum absolute atomic E-state index is 14.2. The molecule has 1 amide bonds. The highest BCUT2D eigenvalue weighted by Gasteiger charge is 2.46. The van der Waals surface area contributed by atoms with Crippen molar-refractivity contribution in [1.82, 2.24) is 28.8 Å². The number of hydrogen-bond donors (Lipinski definition) is 1. The Bertz CT molecular complexity index is 1470. The number of amides is 1. The largest absolute Gasteiger partial charge is 0.451 e. The van der Waals surface area contributed by atoms with Crippen LogP contribution in [0.3, 0.4) is 0 Å². The van der Waals surface area contributed by atoms with Crippen LogP contribution in [0.2, 0.25) is 0 Å². The van der Waals surface area contributed by atoms with Crippen LogP contribution in [-0.4, -0.2) is 116 Å². The number of benzene rings is 1. The molecule has 0 aliphatic carbocycles. The van der Waals surface area contributed by atoms with Gasteiger partial charge in [-0.25, -0.2) is 14.4 Å². The Balaban J connectivity index is 1.00. The molecule has 1 spiro atoms. The first-order valence-corrected chi connectivity index (χ1v) is 17.4. The predicted molar refractivity (Wildman–Crippen MR) is 167 cm³/mol. The van der Waals surface area contributed by atoms with Crippen molar-refractivity contribution in [3.8, 4) is 11.5 Å². The van der Waals surface area contributed by atoms with Gasteiger partial charge < -0.3 is 24.2 Å². The molecule has 4 aliphatic heterocycles. The van der Waals surface area contributed by atoms with Gasteiger partial charge in [0.2, 0.25) is 0 Å². The van der Waals surface area contributed by atoms with E-state index in [1.807, 2.05) is 13.8 Å². The van der Waals surface area contributed by atoms with E-state index in [2.05, 4.69) is 24.5 Å². The van der Waals surface area contributed by atoms with Crippen molar-refractivity contribution in [3.63, 3.8) is 0 Å². The molecule has 246 valence electrons. The molecule has 4 fully saturated rings. The van der Waals surface area contributed by atoms with Gasteiger partial charge in [0.15, 0.2) is 11.6 Å². The van der Waals surface area contributed by atoms with Crippen molar-refractivity contribution in [2.45, 2.75) is 64.1 Å². The Kier molecular flexibility index (Phi) is 9.31. The first-order valence-electron chi connectivity index (χ1n) is 15.9. The third kappa shape index (κ3) is 7.09. The molecule has 2 aromatic rings. The quantitative estimate of drug-likeness (QED) is 0.416. The van der Waals surface area contributed by atoms with Gasteiger partial charge in [-0.05, 0) is 77.2 Å². The van der Waals surface area contributed by atoms with Crippen LogP contribution in [0.15, 0.2) is 30.7 Å². The average Bonchev–Trinajstić information content (AvgIpc) is 2.96. The van der Waals surface area contributed by atoms with Crippen molar-refractivity contribution >= 4 is 21.9 Å². The normalized spacial score (nSPS) is 23.9. The number of ether oxygens (including phenoxy) is 2. The van der Waals surface area contributed by atoms with Crippen LogP contribution in [0, 0.1) is 11.2 Å². The van der Waals surface area contributed by atoms with Crippen molar-refractivity contribution in [3.05, 3.63) is 42.1 Å². The summed E-state index contributed by atoms with van der Waals surface area (Å²) in [5.74, 6) is 0.522. The maximum Gasteiger partial charge on any atom is 0.279 e. The molecule has 4 aliphatic rings. The van der Waals surface area contributed by atoms with E-state index in [9.17, 15) is 17.6 Å². The molecule has 2 atom stereocenters. The SMILES string of the molecule is CC(C)N(C)C(=O)c1cc(F)ccc1Oc1cncnc1N1CC2(CCN(C[C@@H]3CC[C@@H](NS(=O)(=O)N4CCC4)CO3)CC2)C1. The second kappa shape index (κ2) is 13.1. The highest BCUT2D eigenvalue weighted by molar-refractivity contribution is 7.87. The van der Waals surface area contributed by atoms with Crippen LogP contribution in [0.5, 0.6) is 11.5 Å². The zero-order chi connectivity index (χ0) is 31.8. The summed E-state index contributed by atoms with van der Waals surface area (Å²) in [7, 11) is -1.71. The number of halogens is 1. The van der Waals surface area contributed by atoms with E-state index in [-0.39, 0.29) is 40.8 Å². The minimum atomic E-state index is -3.39. The van der Waals surface area contributed by atoms with Gasteiger partial charge in [0.1, 0.15) is 17.9 Å². The molecule has 5 heterocycles. The maximum atomic E-state index is 14.2. The number of nitrogens with zero attached hydrogens (tertiary/aromatic N) is 6. The molecule has 14 heteroatoms. The number of hydrogen-bond acceptors (Lipinski definition) is 9. The summed E-state index contributed by atoms with van der Waals surface area (Å²) in [5, 5.41) is 0. The smallest absolute Gasteiger partial charge is 0.279 e. The van der Waals surface area contributed by atoms with Crippen molar-refractivity contribution in [2.24, 2.45) is 5.41 Å². The Hall–Kier alpha value is -2.91. The summed E-state index contributed by atoms with van der Waals surface area (Å²) < 4.78 is 55.5. The van der Waals surface area contributed by atoms with Gasteiger partial charge in [-0.2, -0.15) is 17.4 Å². The minimum absolute atomic E-state index is 0.0567. The van der Waals surface area contributed by atoms with Crippen LogP contribution in [0.25, 0.3) is 0 Å². The van der Waals surface area contributed by atoms with Crippen LogP contribution < -0.4 is 14.4 Å². The van der Waals surface area contributed by atoms with Gasteiger partial charge in [0, 0.05) is 57.3 Å². The van der Waals surface area contributed by atoms with E-state index in [1.54, 1.807) is 18.1 Å². The third-order valence-corrected chi connectivity index (χ3v) is 11.4. The summed E-state index contributed by atoms with van der Waals surface area (Å²) in [5.41, 5.74) is 0.350. The van der Waals surface area contributed by atoms with E-state index in [4.69, 9.17) is 9.47 Å². The number of carbonyl (C=O) groups is 1. The second-order valence-electron chi connectivity index (χ2n) is 13.2. The lowest BCUT2D eigenvalue weighted by atomic mass is 9.72. The van der Waals surface area contributed by atoms with Gasteiger partial charge in [0.25, 0.3) is 16.1 Å². The summed E-state index contributed by atoms with van der Waals surface area (Å²) in [4.78, 5) is 28.0. The fraction of sp³-hybridized carbons (Fsp3) is 0.645. The van der Waals surface area contributed by atoms with E-state index >= 15 is 0 Å². The van der Waals surface area contributed by atoms with E-state index < -0.39 is 16.0 Å². The summed E-state index contributed by atoms with van der Waals surface area (Å²) in [6.07, 6.45) is 7.87. The van der Waals surface area contributed by atoms with Crippen molar-refractivity contribution in [1.29, 1.82) is 0 Å². The molecule has 1 aromatic carbocycles. The number of rotatable bonds is 10. The first-order chi connectivity index (χ1) is 21.5. The molecular formula is C31H44FN7O5S. The minimum Gasteiger partial charge on any atom is -0.451 e. The monoisotopic (exact) mass is 645 g/mol. The lowest BCUT2D eigenvalue weighted by Gasteiger charge is -2.54. The first kappa shape index (κ1) is 32.0. The van der Waals surface area contributed by atoms with Gasteiger partial charge in [-0.3, -0.25) is 4.79 Å². The number of nitrogens with one attached hydrogen (secondary N) is 1. The predicted octanol–water partition coefficient (Wildman–Crippen LogP) is 2.88. The molecular weight excluding hydrogens is 601 g/mol. The zero-order valence-electron chi connectivity index (χ0n) is 26.3. The molecule has 1 aromatic heterocycles. The number of aromatic nitrogens is 2. The number of likely N-dealkylation sites (tertiary alicyclic amines) is 1. The van der Waals surface area contributed by atoms with Gasteiger partial charge in [-0.15, -0.1) is 0 Å². The molecule has 0 saturated carbocycles. The Labute approximate surface area is 265 Å². The van der Waals surface area contributed by atoms with Crippen LogP contribution in [0.4, 0.5) is 10.2 Å². The van der Waals surface area contributed by atoms with Gasteiger partial charge in [0.05, 0.1) is 24.5 Å². The van der Waals surface area contributed by atoms with Gasteiger partial charge >= 0.3 is 0 Å². The van der Waals surface area contributed by atoms with E-state index in [0.29, 0.717) is 31.3 Å². The molecule has 0 bridgehead atoms. The standard InChI is InChI=1S/C31H44FN7O5S/c1-22(2)36(3)30(40)26-15-23(32)5-8-27(26)44-28-16-33-21-34-29(28)38-19-31(20-38)9-13-37(14-10-31)17-25-7-6-24(18-43-25)35-45(41,42)39-11-4-12-39/h5,8,15-16,21-22,24-25,35H,4,6-7,9-14,17-20H2,1-3H3/t24-,25+/m1/s1. The topological polar surface area (TPSA) is 120 Å². The molecule has 0 unspecified atom stereocenters. The summed E-state index contributed by atoms with van der Waals surface area (Å²) in [6, 6.07) is 3.74. The lowest BCUT2D eigenvalue weighted by molar-refractivity contribution is -0.0301. The van der Waals surface area contributed by atoms with E-state index in [0.717, 1.165) is 64.8 Å². The molecule has 6 rings (SSSR count). The Morgan fingerprint density at radius 1 is 1.18 bits per heavy atom. The third-order valence-electron chi connectivity index (χ3n) is 9.72. The Morgan fingerprint density at radius 3 is 2.58 bits per heavy atom. The van der Waals surface area contributed by atoms with Crippen LogP contribution >= 0.6 is 0 Å². The van der Waals surface area contributed by atoms with Crippen molar-refractivity contribution < 1.29 is 27.1 Å². The molecule has 45 heavy (non-hydrogen) atoms. The fourth-order valence-corrected chi connectivity index (χ4v) is 8.00. The average molecular weight is 646 g/mol. The highest BCUT2D eigenvalue weighted by Crippen LogP contribution is 2.45. The fourth-order valence-electron chi connectivity index (χ4n) is 6.50. The van der Waals surface area contributed by atoms with Crippen LogP contribution in [0.1, 0.15) is 56.3 Å². The van der Waals surface area contributed by atoms with E-state index in [1.165, 1.54) is 28.8 Å². The number of anilines is 1. The summed E-state index contributed by atoms with van der Waals surface area (Å²) >= 11 is 0. The van der Waals surface area contributed by atoms with Crippen molar-refractivity contribution in [2.75, 3.05) is 64.4 Å². The second-order valence-corrected chi connectivity index (χ2v) is 14.9. The highest BCUT2D eigenvalue weighted by atomic mass is 32.2. The summed E-state index contributed by atoms with van der Waals surface area (Å²) in [6.45, 7) is 9.92. The zero-order valence-corrected chi connectivity index (χ0v) is 27.1. The lowest BCUT2D eigenvalue weighted by Crippen LogP contribution is -2.61. The number of piperidine rings is 1. The molecule has 4 saturated heterocycles. The molecule has 0 radical (unpaired) electrons. The molecule has 1 N–H and O–H groups in total. The van der Waals surface area contributed by atoms with Gasteiger partial charge in [-0.1, -0.05) is 0 Å². The Morgan fingerprint density at radius 2 is 1.93 bits per heavy atom.